The van der Waals surface area contributed by atoms with Gasteiger partial charge in [-0.25, -0.2) is 0 Å². The Bertz CT molecular complexity index is 629. The first-order valence-corrected chi connectivity index (χ1v) is 10.6. The van der Waals surface area contributed by atoms with Crippen LogP contribution in [0.4, 0.5) is 0 Å². The summed E-state index contributed by atoms with van der Waals surface area (Å²) in [6.07, 6.45) is 12.7. The average molecular weight is 344 g/mol. The Morgan fingerprint density at radius 2 is 1.68 bits per heavy atom. The second-order valence-electron chi connectivity index (χ2n) is 10.3. The first kappa shape index (κ1) is 15.7. The molecule has 0 aromatic carbocycles. The van der Waals surface area contributed by atoms with Crippen molar-refractivity contribution in [2.24, 2.45) is 28.6 Å². The summed E-state index contributed by atoms with van der Waals surface area (Å²) in [6, 6.07) is 0. The topological polar surface area (TPSA) is 31.0 Å². The second kappa shape index (κ2) is 4.72. The van der Waals surface area contributed by atoms with Crippen molar-refractivity contribution in [3.8, 4) is 0 Å². The highest BCUT2D eigenvalue weighted by Gasteiger charge is 2.69. The lowest BCUT2D eigenvalue weighted by Crippen LogP contribution is -2.53. The normalized spacial score (nSPS) is 55.6. The molecule has 0 N–H and O–H groups in total. The van der Waals surface area contributed by atoms with Gasteiger partial charge in [0.1, 0.15) is 0 Å². The van der Waals surface area contributed by atoms with E-state index in [2.05, 4.69) is 19.9 Å². The maximum atomic E-state index is 6.06. The number of hydrogen-bond acceptors (Lipinski definition) is 3. The summed E-state index contributed by atoms with van der Waals surface area (Å²) in [4.78, 5) is 0. The Kier molecular flexibility index (Phi) is 2.95. The summed E-state index contributed by atoms with van der Waals surface area (Å²) >= 11 is 0. The van der Waals surface area contributed by atoms with Gasteiger partial charge in [-0.2, -0.15) is 0 Å². The third-order valence-corrected chi connectivity index (χ3v) is 9.71. The van der Waals surface area contributed by atoms with Gasteiger partial charge < -0.3 is 14.2 Å². The molecular weight excluding hydrogens is 312 g/mol. The molecule has 4 aliphatic carbocycles. The predicted octanol–water partition coefficient (Wildman–Crippen LogP) is 4.46. The fourth-order valence-electron chi connectivity index (χ4n) is 8.00. The number of allylic oxidation sites excluding steroid dienone is 1. The molecule has 0 bridgehead atoms. The maximum absolute atomic E-state index is 6.06. The smallest absolute Gasteiger partial charge is 0.172 e. The van der Waals surface area contributed by atoms with Gasteiger partial charge in [0.15, 0.2) is 5.79 Å². The SMILES string of the molecule is C[C@]12CCC3(CC1=CC[C@@H]1[C@H]2CC[C@@]2(C)[C@@H]1CC[C@]21CO1)OCCO3. The number of epoxide rings is 1. The molecule has 25 heavy (non-hydrogen) atoms. The van der Waals surface area contributed by atoms with Crippen LogP contribution in [0.1, 0.15) is 65.2 Å². The molecule has 0 aromatic heterocycles. The van der Waals surface area contributed by atoms with Crippen LogP contribution in [0.25, 0.3) is 0 Å². The second-order valence-corrected chi connectivity index (χ2v) is 10.3. The molecule has 0 amide bonds. The zero-order valence-electron chi connectivity index (χ0n) is 15.8. The fraction of sp³-hybridized carbons (Fsp3) is 0.909. The zero-order valence-corrected chi connectivity index (χ0v) is 15.8. The summed E-state index contributed by atoms with van der Waals surface area (Å²) in [5, 5.41) is 0. The molecule has 6 atom stereocenters. The summed E-state index contributed by atoms with van der Waals surface area (Å²) in [7, 11) is 0. The fourth-order valence-corrected chi connectivity index (χ4v) is 8.00. The van der Waals surface area contributed by atoms with Gasteiger partial charge in [0.05, 0.1) is 25.4 Å². The summed E-state index contributed by atoms with van der Waals surface area (Å²) in [5.74, 6) is 2.33. The van der Waals surface area contributed by atoms with Crippen molar-refractivity contribution in [1.29, 1.82) is 0 Å². The van der Waals surface area contributed by atoms with Crippen molar-refractivity contribution < 1.29 is 14.2 Å². The molecule has 2 heterocycles. The van der Waals surface area contributed by atoms with Gasteiger partial charge in [-0.05, 0) is 61.7 Å². The van der Waals surface area contributed by atoms with Gasteiger partial charge in [-0.3, -0.25) is 0 Å². The van der Waals surface area contributed by atoms with E-state index >= 15 is 0 Å². The van der Waals surface area contributed by atoms with Crippen molar-refractivity contribution in [2.75, 3.05) is 19.8 Å². The number of rotatable bonds is 0. The summed E-state index contributed by atoms with van der Waals surface area (Å²) < 4.78 is 18.2. The molecule has 3 saturated carbocycles. The Morgan fingerprint density at radius 3 is 2.44 bits per heavy atom. The molecule has 0 unspecified atom stereocenters. The maximum Gasteiger partial charge on any atom is 0.172 e. The molecule has 6 rings (SSSR count). The lowest BCUT2D eigenvalue weighted by Gasteiger charge is -2.58. The minimum atomic E-state index is -0.277. The van der Waals surface area contributed by atoms with E-state index in [9.17, 15) is 0 Å². The van der Waals surface area contributed by atoms with Gasteiger partial charge in [-0.1, -0.05) is 25.5 Å². The van der Waals surface area contributed by atoms with Crippen LogP contribution >= 0.6 is 0 Å². The summed E-state index contributed by atoms with van der Waals surface area (Å²) in [5.41, 5.74) is 2.75. The van der Waals surface area contributed by atoms with Crippen LogP contribution in [0.3, 0.4) is 0 Å². The van der Waals surface area contributed by atoms with E-state index in [-0.39, 0.29) is 11.4 Å². The van der Waals surface area contributed by atoms with Crippen LogP contribution in [0.5, 0.6) is 0 Å². The van der Waals surface area contributed by atoms with Gasteiger partial charge >= 0.3 is 0 Å². The minimum absolute atomic E-state index is 0.273. The largest absolute Gasteiger partial charge is 0.369 e. The number of fused-ring (bicyclic) bond motifs is 6. The number of hydrogen-bond donors (Lipinski definition) is 0. The van der Waals surface area contributed by atoms with Gasteiger partial charge in [0, 0.05) is 18.3 Å². The van der Waals surface area contributed by atoms with Crippen molar-refractivity contribution in [2.45, 2.75) is 76.6 Å². The van der Waals surface area contributed by atoms with Crippen LogP contribution in [-0.2, 0) is 14.2 Å². The molecule has 6 aliphatic rings. The molecule has 3 nitrogen and oxygen atoms in total. The van der Waals surface area contributed by atoms with Gasteiger partial charge in [-0.15, -0.1) is 0 Å². The van der Waals surface area contributed by atoms with Crippen molar-refractivity contribution in [3.05, 3.63) is 11.6 Å². The molecule has 2 spiro atoms. The van der Waals surface area contributed by atoms with Crippen molar-refractivity contribution in [1.82, 2.24) is 0 Å². The van der Waals surface area contributed by atoms with Crippen LogP contribution in [0, 0.1) is 28.6 Å². The molecule has 5 fully saturated rings. The molecular formula is C22H32O3. The van der Waals surface area contributed by atoms with E-state index in [0.717, 1.165) is 50.4 Å². The van der Waals surface area contributed by atoms with E-state index in [1.54, 1.807) is 5.57 Å². The van der Waals surface area contributed by atoms with E-state index in [4.69, 9.17) is 14.2 Å². The van der Waals surface area contributed by atoms with Crippen molar-refractivity contribution in [3.63, 3.8) is 0 Å². The lowest BCUT2D eigenvalue weighted by atomic mass is 9.47. The van der Waals surface area contributed by atoms with Crippen molar-refractivity contribution >= 4 is 0 Å². The highest BCUT2D eigenvalue weighted by atomic mass is 16.7. The molecule has 138 valence electrons. The average Bonchev–Trinajstić information content (AvgIpc) is 3.18. The van der Waals surface area contributed by atoms with Gasteiger partial charge in [0.25, 0.3) is 0 Å². The van der Waals surface area contributed by atoms with Crippen LogP contribution in [0.2, 0.25) is 0 Å². The van der Waals surface area contributed by atoms with Crippen LogP contribution in [-0.4, -0.2) is 31.2 Å². The molecule has 3 heteroatoms. The zero-order chi connectivity index (χ0) is 16.9. The first-order valence-electron chi connectivity index (χ1n) is 10.6. The molecule has 0 aromatic rings. The predicted molar refractivity (Wildman–Crippen MR) is 95.0 cm³/mol. The Morgan fingerprint density at radius 1 is 0.920 bits per heavy atom. The van der Waals surface area contributed by atoms with E-state index in [1.807, 2.05) is 0 Å². The van der Waals surface area contributed by atoms with Crippen LogP contribution < -0.4 is 0 Å². The summed E-state index contributed by atoms with van der Waals surface area (Å²) in [6.45, 7) is 7.72. The van der Waals surface area contributed by atoms with E-state index in [0.29, 0.717) is 10.8 Å². The molecule has 2 saturated heterocycles. The first-order chi connectivity index (χ1) is 12.0. The standard InChI is InChI=1S/C22H32O3/c1-19-9-10-22(23-11-12-24-22)13-15(19)3-4-16-17(19)5-7-20(2)18(16)6-8-21(20)14-25-21/h3,16-18H,4-14H2,1-2H3/t16-,17-,18-,19+,20+,21+/m1/s1. The minimum Gasteiger partial charge on any atom is -0.369 e. The quantitative estimate of drug-likeness (QED) is 0.480. The monoisotopic (exact) mass is 344 g/mol. The Balaban J connectivity index is 1.33. The number of ether oxygens (including phenoxy) is 3. The Labute approximate surface area is 151 Å². The van der Waals surface area contributed by atoms with E-state index < -0.39 is 0 Å². The third-order valence-electron chi connectivity index (χ3n) is 9.71. The molecule has 2 aliphatic heterocycles. The highest BCUT2D eigenvalue weighted by Crippen LogP contribution is 2.71. The van der Waals surface area contributed by atoms with Crippen LogP contribution in [0.15, 0.2) is 11.6 Å². The van der Waals surface area contributed by atoms with Gasteiger partial charge in [0.2, 0.25) is 0 Å². The molecule has 0 radical (unpaired) electrons. The Hall–Kier alpha value is -0.380. The third kappa shape index (κ3) is 1.83. The highest BCUT2D eigenvalue weighted by molar-refractivity contribution is 5.28. The van der Waals surface area contributed by atoms with E-state index in [1.165, 1.54) is 38.5 Å². The lowest BCUT2D eigenvalue weighted by molar-refractivity contribution is -0.185.